The van der Waals surface area contributed by atoms with Crippen molar-refractivity contribution in [3.8, 4) is 0 Å². The maximum absolute atomic E-state index is 13.3. The monoisotopic (exact) mass is 435 g/mol. The summed E-state index contributed by atoms with van der Waals surface area (Å²) in [6.07, 6.45) is 4.67. The fourth-order valence-electron chi connectivity index (χ4n) is 4.77. The molecular formula is C24H29N5OS. The summed E-state index contributed by atoms with van der Waals surface area (Å²) in [5, 5.41) is 1.13. The smallest absolute Gasteiger partial charge is 0.227 e. The molecule has 0 radical (unpaired) electrons. The lowest BCUT2D eigenvalue weighted by molar-refractivity contribution is -0.136. The van der Waals surface area contributed by atoms with Gasteiger partial charge >= 0.3 is 0 Å². The highest BCUT2D eigenvalue weighted by Crippen LogP contribution is 2.33. The predicted octanol–water partition coefficient (Wildman–Crippen LogP) is 3.82. The summed E-state index contributed by atoms with van der Waals surface area (Å²) in [6, 6.07) is 12.7. The molecule has 5 rings (SSSR count). The number of carbonyl (C=O) groups excluding carboxylic acids is 1. The van der Waals surface area contributed by atoms with Gasteiger partial charge < -0.3 is 14.7 Å². The number of piperidine rings is 1. The van der Waals surface area contributed by atoms with E-state index in [1.54, 1.807) is 17.7 Å². The third kappa shape index (κ3) is 4.11. The minimum atomic E-state index is 0.0475. The minimum Gasteiger partial charge on any atom is -0.368 e. The summed E-state index contributed by atoms with van der Waals surface area (Å²) in [5.74, 6) is 1.35. The van der Waals surface area contributed by atoms with Gasteiger partial charge in [0.15, 0.2) is 0 Å². The number of aromatic nitrogens is 2. The van der Waals surface area contributed by atoms with Crippen LogP contribution in [0.1, 0.15) is 24.6 Å². The molecule has 2 fully saturated rings. The Hall–Kier alpha value is -2.67. The predicted molar refractivity (Wildman–Crippen MR) is 127 cm³/mol. The third-order valence-corrected chi connectivity index (χ3v) is 7.68. The van der Waals surface area contributed by atoms with Gasteiger partial charge in [-0.3, -0.25) is 4.79 Å². The molecule has 0 bridgehead atoms. The molecule has 162 valence electrons. The van der Waals surface area contributed by atoms with Crippen molar-refractivity contribution < 1.29 is 4.79 Å². The summed E-state index contributed by atoms with van der Waals surface area (Å²) in [7, 11) is 0. The highest BCUT2D eigenvalue weighted by molar-refractivity contribution is 7.18. The van der Waals surface area contributed by atoms with E-state index in [4.69, 9.17) is 0 Å². The molecule has 3 aromatic rings. The number of para-hydroxylation sites is 1. The molecule has 0 N–H and O–H groups in total. The molecule has 4 heterocycles. The highest BCUT2D eigenvalue weighted by Gasteiger charge is 2.32. The van der Waals surface area contributed by atoms with Crippen LogP contribution in [0.3, 0.4) is 0 Å². The van der Waals surface area contributed by atoms with Gasteiger partial charge in [0.2, 0.25) is 5.91 Å². The van der Waals surface area contributed by atoms with E-state index < -0.39 is 0 Å². The topological polar surface area (TPSA) is 52.6 Å². The normalized spacial score (nSPS) is 19.8. The fraction of sp³-hybridized carbons (Fsp3) is 0.458. The molecule has 31 heavy (non-hydrogen) atoms. The Morgan fingerprint density at radius 2 is 1.87 bits per heavy atom. The average molecular weight is 436 g/mol. The average Bonchev–Trinajstić information content (AvgIpc) is 3.28. The maximum Gasteiger partial charge on any atom is 0.227 e. The van der Waals surface area contributed by atoms with Gasteiger partial charge in [-0.25, -0.2) is 9.97 Å². The molecular weight excluding hydrogens is 406 g/mol. The molecule has 1 atom stereocenters. The lowest BCUT2D eigenvalue weighted by atomic mass is 9.96. The van der Waals surface area contributed by atoms with Crippen LogP contribution >= 0.6 is 11.3 Å². The van der Waals surface area contributed by atoms with Gasteiger partial charge in [0, 0.05) is 49.8 Å². The molecule has 2 aliphatic rings. The summed E-state index contributed by atoms with van der Waals surface area (Å²) in [5.41, 5.74) is 1.24. The van der Waals surface area contributed by atoms with Crippen LogP contribution in [0.2, 0.25) is 0 Å². The standard InChI is InChI=1S/C24H29N5OS/c1-2-20-15-21-22(25-17-26-23(21)31-20)29-10-6-7-18(16-29)24(30)28-13-11-27(12-14-28)19-8-4-3-5-9-19/h3-5,8-9,15,17-18H,2,6-7,10-14,16H2,1H3/t18-/m1/s1. The number of aryl methyl sites for hydroxylation is 1. The first-order valence-electron chi connectivity index (χ1n) is 11.3. The Labute approximate surface area is 187 Å². The number of benzene rings is 1. The molecule has 0 spiro atoms. The van der Waals surface area contributed by atoms with Gasteiger partial charge in [0.1, 0.15) is 17.0 Å². The largest absolute Gasteiger partial charge is 0.368 e. The molecule has 1 amide bonds. The Kier molecular flexibility index (Phi) is 5.76. The SMILES string of the molecule is CCc1cc2c(N3CCC[C@@H](C(=O)N4CCN(c5ccccc5)CC4)C3)ncnc2s1. The van der Waals surface area contributed by atoms with Crippen molar-refractivity contribution in [2.45, 2.75) is 26.2 Å². The van der Waals surface area contributed by atoms with Crippen LogP contribution in [0.25, 0.3) is 10.2 Å². The number of rotatable bonds is 4. The molecule has 0 unspecified atom stereocenters. The zero-order valence-electron chi connectivity index (χ0n) is 18.0. The fourth-order valence-corrected chi connectivity index (χ4v) is 5.70. The molecule has 2 aliphatic heterocycles. The lowest BCUT2D eigenvalue weighted by Gasteiger charge is -2.40. The summed E-state index contributed by atoms with van der Waals surface area (Å²) in [4.78, 5) is 31.6. The molecule has 2 aromatic heterocycles. The quantitative estimate of drug-likeness (QED) is 0.624. The number of hydrogen-bond acceptors (Lipinski definition) is 6. The van der Waals surface area contributed by atoms with E-state index in [9.17, 15) is 4.79 Å². The van der Waals surface area contributed by atoms with Gasteiger partial charge in [0.25, 0.3) is 0 Å². The van der Waals surface area contributed by atoms with E-state index in [1.807, 2.05) is 6.07 Å². The molecule has 1 aromatic carbocycles. The van der Waals surface area contributed by atoms with Crippen molar-refractivity contribution in [3.63, 3.8) is 0 Å². The molecule has 0 saturated carbocycles. The number of nitrogens with zero attached hydrogens (tertiary/aromatic N) is 5. The molecule has 7 heteroatoms. The minimum absolute atomic E-state index is 0.0475. The van der Waals surface area contributed by atoms with E-state index in [0.717, 1.165) is 74.6 Å². The van der Waals surface area contributed by atoms with E-state index >= 15 is 0 Å². The third-order valence-electron chi connectivity index (χ3n) is 6.49. The van der Waals surface area contributed by atoms with Crippen LogP contribution in [0.15, 0.2) is 42.7 Å². The second-order valence-corrected chi connectivity index (χ2v) is 9.53. The molecule has 0 aliphatic carbocycles. The number of carbonyl (C=O) groups is 1. The van der Waals surface area contributed by atoms with Crippen molar-refractivity contribution >= 4 is 39.0 Å². The number of amides is 1. The van der Waals surface area contributed by atoms with E-state index in [0.29, 0.717) is 5.91 Å². The van der Waals surface area contributed by atoms with Crippen LogP contribution in [0, 0.1) is 5.92 Å². The highest BCUT2D eigenvalue weighted by atomic mass is 32.1. The Bertz CT molecular complexity index is 1040. The van der Waals surface area contributed by atoms with Crippen molar-refractivity contribution in [2.75, 3.05) is 49.1 Å². The Morgan fingerprint density at radius 1 is 1.06 bits per heavy atom. The van der Waals surface area contributed by atoms with Crippen molar-refractivity contribution in [3.05, 3.63) is 47.6 Å². The molecule has 6 nitrogen and oxygen atoms in total. The Morgan fingerprint density at radius 3 is 2.65 bits per heavy atom. The first-order valence-corrected chi connectivity index (χ1v) is 12.1. The van der Waals surface area contributed by atoms with Gasteiger partial charge in [-0.2, -0.15) is 0 Å². The molecule has 2 saturated heterocycles. The zero-order chi connectivity index (χ0) is 21.2. The van der Waals surface area contributed by atoms with Crippen LogP contribution in [-0.2, 0) is 11.2 Å². The van der Waals surface area contributed by atoms with Gasteiger partial charge in [-0.05, 0) is 37.5 Å². The van der Waals surface area contributed by atoms with E-state index in [1.165, 1.54) is 10.6 Å². The van der Waals surface area contributed by atoms with Crippen molar-refractivity contribution in [1.82, 2.24) is 14.9 Å². The zero-order valence-corrected chi connectivity index (χ0v) is 18.9. The number of thiophene rings is 1. The second-order valence-electron chi connectivity index (χ2n) is 8.42. The van der Waals surface area contributed by atoms with Crippen molar-refractivity contribution in [2.24, 2.45) is 5.92 Å². The van der Waals surface area contributed by atoms with Crippen molar-refractivity contribution in [1.29, 1.82) is 0 Å². The second kappa shape index (κ2) is 8.83. The van der Waals surface area contributed by atoms with Crippen LogP contribution in [-0.4, -0.2) is 60.0 Å². The van der Waals surface area contributed by atoms with Crippen LogP contribution < -0.4 is 9.80 Å². The summed E-state index contributed by atoms with van der Waals surface area (Å²) in [6.45, 7) is 7.26. The first kappa shape index (κ1) is 20.2. The van der Waals surface area contributed by atoms with Gasteiger partial charge in [-0.15, -0.1) is 11.3 Å². The van der Waals surface area contributed by atoms with E-state index in [2.05, 4.69) is 61.9 Å². The number of anilines is 2. The lowest BCUT2D eigenvalue weighted by Crippen LogP contribution is -2.52. The van der Waals surface area contributed by atoms with Crippen LogP contribution in [0.4, 0.5) is 11.5 Å². The summed E-state index contributed by atoms with van der Waals surface area (Å²) >= 11 is 1.75. The first-order chi connectivity index (χ1) is 15.2. The maximum atomic E-state index is 13.3. The number of piperazine rings is 1. The van der Waals surface area contributed by atoms with Crippen LogP contribution in [0.5, 0.6) is 0 Å². The Balaban J connectivity index is 1.26. The van der Waals surface area contributed by atoms with Gasteiger partial charge in [0.05, 0.1) is 11.3 Å². The van der Waals surface area contributed by atoms with E-state index in [-0.39, 0.29) is 5.92 Å². The number of hydrogen-bond donors (Lipinski definition) is 0. The summed E-state index contributed by atoms with van der Waals surface area (Å²) < 4.78 is 0. The number of fused-ring (bicyclic) bond motifs is 1. The van der Waals surface area contributed by atoms with Gasteiger partial charge in [-0.1, -0.05) is 25.1 Å².